The van der Waals surface area contributed by atoms with Gasteiger partial charge in [0, 0.05) is 1.43 Å². The maximum atomic E-state index is 5.64. The Hall–Kier alpha value is -0.0400. The predicted molar refractivity (Wildman–Crippen MR) is 53.7 cm³/mol. The Kier molecular flexibility index (Phi) is 5.57. The summed E-state index contributed by atoms with van der Waals surface area (Å²) in [6.07, 6.45) is 6.92. The smallest absolute Gasteiger partial charge is 0 e. The molecule has 70 valence electrons. The topological polar surface area (TPSA) is 26.0 Å². The molecule has 1 fully saturated rings. The predicted octanol–water partition coefficient (Wildman–Crippen LogP) is 3.19. The summed E-state index contributed by atoms with van der Waals surface area (Å²) in [5.41, 5.74) is 6.14. The van der Waals surface area contributed by atoms with Gasteiger partial charge < -0.3 is 5.73 Å². The molecule has 1 rings (SSSR count). The van der Waals surface area contributed by atoms with Gasteiger partial charge in [-0.3, -0.25) is 0 Å². The van der Waals surface area contributed by atoms with Gasteiger partial charge in [0.15, 0.2) is 0 Å². The lowest BCUT2D eigenvalue weighted by molar-refractivity contribution is 0.226. The highest BCUT2D eigenvalue weighted by Crippen LogP contribution is 2.34. The minimum absolute atomic E-state index is 0. The van der Waals surface area contributed by atoms with Crippen molar-refractivity contribution in [1.29, 1.82) is 0 Å². The van der Waals surface area contributed by atoms with Gasteiger partial charge in [-0.25, -0.2) is 0 Å². The van der Waals surface area contributed by atoms with Crippen LogP contribution in [0.15, 0.2) is 0 Å². The van der Waals surface area contributed by atoms with Crippen molar-refractivity contribution < 1.29 is 1.43 Å². The van der Waals surface area contributed by atoms with E-state index in [1.165, 1.54) is 32.1 Å². The van der Waals surface area contributed by atoms with Crippen LogP contribution < -0.4 is 5.73 Å². The van der Waals surface area contributed by atoms with Crippen LogP contribution in [0.1, 0.15) is 54.3 Å². The van der Waals surface area contributed by atoms with Crippen molar-refractivity contribution >= 4 is 0 Å². The third kappa shape index (κ3) is 3.76. The lowest BCUT2D eigenvalue weighted by Crippen LogP contribution is -2.29. The largest absolute Gasteiger partial charge is 0.330 e. The summed E-state index contributed by atoms with van der Waals surface area (Å²) in [6.45, 7) is 7.19. The van der Waals surface area contributed by atoms with Crippen LogP contribution in [-0.2, 0) is 0 Å². The second-order valence-corrected chi connectivity index (χ2v) is 3.58. The molecule has 0 amide bonds. The highest BCUT2D eigenvalue weighted by atomic mass is 14.6. The first kappa shape index (κ1) is 11.0. The molecule has 1 aliphatic carbocycles. The number of nitrogens with two attached hydrogens (primary N) is 1. The van der Waals surface area contributed by atoms with Gasteiger partial charge >= 0.3 is 0 Å². The lowest BCUT2D eigenvalue weighted by atomic mass is 9.76. The monoisotopic (exact) mass is 159 g/mol. The van der Waals surface area contributed by atoms with Gasteiger partial charge in [0.2, 0.25) is 0 Å². The van der Waals surface area contributed by atoms with Gasteiger partial charge in [-0.2, -0.15) is 0 Å². The highest BCUT2D eigenvalue weighted by Gasteiger charge is 2.24. The second kappa shape index (κ2) is 5.59. The van der Waals surface area contributed by atoms with Gasteiger partial charge in [-0.15, -0.1) is 0 Å². The van der Waals surface area contributed by atoms with E-state index in [0.717, 1.165) is 6.54 Å². The first-order valence-corrected chi connectivity index (χ1v) is 4.97. The van der Waals surface area contributed by atoms with Crippen molar-refractivity contribution in [2.45, 2.75) is 52.9 Å². The van der Waals surface area contributed by atoms with Crippen LogP contribution in [0.3, 0.4) is 0 Å². The molecule has 2 N–H and O–H groups in total. The fraction of sp³-hybridized carbons (Fsp3) is 1.00. The summed E-state index contributed by atoms with van der Waals surface area (Å²) in [4.78, 5) is 0. The fourth-order valence-electron chi connectivity index (χ4n) is 1.61. The third-order valence-corrected chi connectivity index (χ3v) is 2.55. The molecule has 0 bridgehead atoms. The first-order chi connectivity index (χ1) is 5.27. The number of hydrogen-bond donors (Lipinski definition) is 1. The molecule has 0 heterocycles. The zero-order valence-corrected chi connectivity index (χ0v) is 8.32. The molecule has 0 saturated heterocycles. The Morgan fingerprint density at radius 1 is 1.18 bits per heavy atom. The van der Waals surface area contributed by atoms with E-state index in [0.29, 0.717) is 5.41 Å². The minimum Gasteiger partial charge on any atom is -0.330 e. The highest BCUT2D eigenvalue weighted by molar-refractivity contribution is 4.78. The van der Waals surface area contributed by atoms with Crippen LogP contribution in [-0.4, -0.2) is 6.54 Å². The SMILES string of the molecule is CC.CC1(CN)CCCCC1.[HH]. The van der Waals surface area contributed by atoms with E-state index in [2.05, 4.69) is 6.92 Å². The molecule has 11 heavy (non-hydrogen) atoms. The Balaban J connectivity index is 0. The Morgan fingerprint density at radius 3 is 1.91 bits per heavy atom. The van der Waals surface area contributed by atoms with E-state index in [4.69, 9.17) is 5.73 Å². The summed E-state index contributed by atoms with van der Waals surface area (Å²) < 4.78 is 0. The summed E-state index contributed by atoms with van der Waals surface area (Å²) >= 11 is 0. The Morgan fingerprint density at radius 2 is 1.64 bits per heavy atom. The molecule has 1 heteroatoms. The lowest BCUT2D eigenvalue weighted by Gasteiger charge is -2.31. The van der Waals surface area contributed by atoms with Crippen molar-refractivity contribution in [3.63, 3.8) is 0 Å². The van der Waals surface area contributed by atoms with Gasteiger partial charge in [-0.1, -0.05) is 40.0 Å². The summed E-state index contributed by atoms with van der Waals surface area (Å²) in [5.74, 6) is 0. The zero-order chi connectivity index (χ0) is 8.74. The molecule has 0 atom stereocenters. The molecule has 0 aromatic rings. The van der Waals surface area contributed by atoms with Crippen molar-refractivity contribution in [1.82, 2.24) is 0 Å². The Bertz CT molecular complexity index is 87.8. The van der Waals surface area contributed by atoms with Crippen molar-refractivity contribution in [3.8, 4) is 0 Å². The number of rotatable bonds is 1. The second-order valence-electron chi connectivity index (χ2n) is 3.58. The van der Waals surface area contributed by atoms with Crippen LogP contribution in [0.25, 0.3) is 0 Å². The van der Waals surface area contributed by atoms with Gasteiger partial charge in [-0.05, 0) is 24.8 Å². The van der Waals surface area contributed by atoms with Crippen molar-refractivity contribution in [2.75, 3.05) is 6.54 Å². The van der Waals surface area contributed by atoms with Crippen LogP contribution in [0.4, 0.5) is 0 Å². The minimum atomic E-state index is 0. The molecule has 0 spiro atoms. The molecule has 0 radical (unpaired) electrons. The van der Waals surface area contributed by atoms with Crippen molar-refractivity contribution in [3.05, 3.63) is 0 Å². The van der Waals surface area contributed by atoms with E-state index < -0.39 is 0 Å². The zero-order valence-electron chi connectivity index (χ0n) is 8.32. The maximum Gasteiger partial charge on any atom is 0 e. The van der Waals surface area contributed by atoms with Gasteiger partial charge in [0.25, 0.3) is 0 Å². The van der Waals surface area contributed by atoms with E-state index in [1.54, 1.807) is 0 Å². The van der Waals surface area contributed by atoms with Crippen LogP contribution in [0.2, 0.25) is 0 Å². The quantitative estimate of drug-likeness (QED) is 0.624. The average Bonchev–Trinajstić information content (AvgIpc) is 2.10. The summed E-state index contributed by atoms with van der Waals surface area (Å²) in [7, 11) is 0. The molecule has 0 unspecified atom stereocenters. The summed E-state index contributed by atoms with van der Waals surface area (Å²) in [5, 5.41) is 0. The molecule has 1 saturated carbocycles. The first-order valence-electron chi connectivity index (χ1n) is 4.97. The Labute approximate surface area is 72.8 Å². The molecule has 0 aromatic carbocycles. The summed E-state index contributed by atoms with van der Waals surface area (Å²) in [6, 6.07) is 0. The van der Waals surface area contributed by atoms with E-state index in [1.807, 2.05) is 13.8 Å². The molecule has 1 nitrogen and oxygen atoms in total. The average molecular weight is 159 g/mol. The molecular formula is C10H25N. The third-order valence-electron chi connectivity index (χ3n) is 2.55. The van der Waals surface area contributed by atoms with Crippen LogP contribution in [0, 0.1) is 5.41 Å². The molecule has 0 aromatic heterocycles. The van der Waals surface area contributed by atoms with E-state index in [9.17, 15) is 0 Å². The van der Waals surface area contributed by atoms with Crippen LogP contribution >= 0.6 is 0 Å². The van der Waals surface area contributed by atoms with Gasteiger partial charge in [0.05, 0.1) is 0 Å². The van der Waals surface area contributed by atoms with E-state index in [-0.39, 0.29) is 1.43 Å². The maximum absolute atomic E-state index is 5.64. The normalized spacial score (nSPS) is 21.8. The van der Waals surface area contributed by atoms with Crippen LogP contribution in [0.5, 0.6) is 0 Å². The standard InChI is InChI=1S/C8H17N.C2H6.H2/c1-8(7-9)5-3-2-4-6-8;1-2;/h2-7,9H2,1H3;1-2H3;1H. The van der Waals surface area contributed by atoms with Crippen molar-refractivity contribution in [2.24, 2.45) is 11.1 Å². The van der Waals surface area contributed by atoms with E-state index >= 15 is 0 Å². The molecular weight excluding hydrogens is 134 g/mol. The molecule has 0 aliphatic heterocycles. The number of hydrogen-bond acceptors (Lipinski definition) is 1. The fourth-order valence-corrected chi connectivity index (χ4v) is 1.61. The molecule has 1 aliphatic rings. The van der Waals surface area contributed by atoms with Gasteiger partial charge in [0.1, 0.15) is 0 Å².